The lowest BCUT2D eigenvalue weighted by Crippen LogP contribution is -2.24. The smallest absolute Gasteiger partial charge is 0.255 e. The number of halogens is 2. The summed E-state index contributed by atoms with van der Waals surface area (Å²) < 4.78 is 15.9. The molecule has 0 saturated heterocycles. The Kier molecular flexibility index (Phi) is 3.81. The molecule has 94 valence electrons. The Bertz CT molecular complexity index is 560. The fraction of sp³-hybridized carbons (Fsp3) is 0.154. The molecule has 0 aliphatic carbocycles. The Labute approximate surface area is 113 Å². The van der Waals surface area contributed by atoms with Crippen LogP contribution in [-0.2, 0) is 13.6 Å². The number of amides is 1. The molecule has 0 bridgehead atoms. The predicted octanol–water partition coefficient (Wildman–Crippen LogP) is 2.86. The summed E-state index contributed by atoms with van der Waals surface area (Å²) in [5, 5.41) is 2.69. The molecule has 0 spiro atoms. The summed E-state index contributed by atoms with van der Waals surface area (Å²) in [5.74, 6) is -0.959. The summed E-state index contributed by atoms with van der Waals surface area (Å²) in [6.45, 7) is 0.375. The third-order valence-electron chi connectivity index (χ3n) is 2.54. The van der Waals surface area contributed by atoms with Gasteiger partial charge in [0, 0.05) is 30.5 Å². The fourth-order valence-electron chi connectivity index (χ4n) is 1.65. The number of carbonyl (C=O) groups is 1. The molecule has 0 unspecified atom stereocenters. The fourth-order valence-corrected chi connectivity index (χ4v) is 2.17. The minimum Gasteiger partial charge on any atom is -0.357 e. The molecular weight excluding hydrogens is 299 g/mol. The largest absolute Gasteiger partial charge is 0.357 e. The highest BCUT2D eigenvalue weighted by atomic mass is 79.9. The van der Waals surface area contributed by atoms with Gasteiger partial charge in [0.2, 0.25) is 0 Å². The van der Waals surface area contributed by atoms with Gasteiger partial charge in [-0.1, -0.05) is 6.07 Å². The van der Waals surface area contributed by atoms with Gasteiger partial charge >= 0.3 is 0 Å². The molecule has 0 radical (unpaired) electrons. The van der Waals surface area contributed by atoms with Gasteiger partial charge in [0.15, 0.2) is 0 Å². The van der Waals surface area contributed by atoms with Crippen molar-refractivity contribution >= 4 is 21.8 Å². The van der Waals surface area contributed by atoms with E-state index in [4.69, 9.17) is 0 Å². The Morgan fingerprint density at radius 1 is 1.44 bits per heavy atom. The Morgan fingerprint density at radius 2 is 2.22 bits per heavy atom. The molecule has 0 aliphatic heterocycles. The molecule has 5 heteroatoms. The van der Waals surface area contributed by atoms with Crippen LogP contribution in [0.4, 0.5) is 4.39 Å². The van der Waals surface area contributed by atoms with Crippen molar-refractivity contribution < 1.29 is 9.18 Å². The summed E-state index contributed by atoms with van der Waals surface area (Å²) in [7, 11) is 1.90. The summed E-state index contributed by atoms with van der Waals surface area (Å²) in [6, 6.07) is 6.35. The number of carbonyl (C=O) groups excluding carboxylic acids is 1. The average Bonchev–Trinajstić information content (AvgIpc) is 2.72. The number of benzene rings is 1. The van der Waals surface area contributed by atoms with E-state index in [1.807, 2.05) is 30.1 Å². The first kappa shape index (κ1) is 12.8. The average molecular weight is 311 g/mol. The number of rotatable bonds is 3. The van der Waals surface area contributed by atoms with Crippen LogP contribution in [-0.4, -0.2) is 10.5 Å². The third kappa shape index (κ3) is 2.79. The Morgan fingerprint density at radius 3 is 2.83 bits per heavy atom. The van der Waals surface area contributed by atoms with Crippen LogP contribution in [0.5, 0.6) is 0 Å². The third-order valence-corrected chi connectivity index (χ3v) is 3.20. The van der Waals surface area contributed by atoms with Crippen molar-refractivity contribution in [2.24, 2.45) is 7.05 Å². The first-order valence-electron chi connectivity index (χ1n) is 5.41. The van der Waals surface area contributed by atoms with Crippen LogP contribution in [0.25, 0.3) is 0 Å². The maximum atomic E-state index is 13.5. The predicted molar refractivity (Wildman–Crippen MR) is 70.7 cm³/mol. The minimum absolute atomic E-state index is 0.0356. The van der Waals surface area contributed by atoms with Gasteiger partial charge in [-0.2, -0.15) is 0 Å². The molecule has 1 N–H and O–H groups in total. The van der Waals surface area contributed by atoms with Gasteiger partial charge in [0.05, 0.1) is 5.56 Å². The zero-order chi connectivity index (χ0) is 13.1. The lowest BCUT2D eigenvalue weighted by Gasteiger charge is -2.06. The van der Waals surface area contributed by atoms with Crippen LogP contribution in [0.15, 0.2) is 41.1 Å². The van der Waals surface area contributed by atoms with Crippen molar-refractivity contribution in [1.82, 2.24) is 9.88 Å². The van der Waals surface area contributed by atoms with E-state index in [0.717, 1.165) is 5.56 Å². The van der Waals surface area contributed by atoms with Crippen molar-refractivity contribution in [3.8, 4) is 0 Å². The van der Waals surface area contributed by atoms with E-state index in [1.54, 1.807) is 12.1 Å². The van der Waals surface area contributed by atoms with Crippen molar-refractivity contribution in [3.05, 3.63) is 58.1 Å². The molecule has 3 nitrogen and oxygen atoms in total. The molecule has 18 heavy (non-hydrogen) atoms. The molecule has 2 aromatic rings. The highest BCUT2D eigenvalue weighted by Crippen LogP contribution is 2.19. The molecule has 1 heterocycles. The molecule has 0 saturated carbocycles. The van der Waals surface area contributed by atoms with E-state index >= 15 is 0 Å². The van der Waals surface area contributed by atoms with Crippen LogP contribution in [0.2, 0.25) is 0 Å². The minimum atomic E-state index is -0.532. The number of aromatic nitrogens is 1. The molecule has 0 atom stereocenters. The van der Waals surface area contributed by atoms with Gasteiger partial charge < -0.3 is 9.88 Å². The van der Waals surface area contributed by atoms with Gasteiger partial charge in [0.1, 0.15) is 5.82 Å². The van der Waals surface area contributed by atoms with Crippen molar-refractivity contribution in [3.63, 3.8) is 0 Å². The van der Waals surface area contributed by atoms with Gasteiger partial charge in [-0.3, -0.25) is 4.79 Å². The van der Waals surface area contributed by atoms with E-state index < -0.39 is 11.7 Å². The first-order chi connectivity index (χ1) is 8.58. The second-order valence-corrected chi connectivity index (χ2v) is 4.82. The van der Waals surface area contributed by atoms with E-state index in [-0.39, 0.29) is 5.56 Å². The van der Waals surface area contributed by atoms with Gasteiger partial charge in [-0.05, 0) is 39.7 Å². The maximum absolute atomic E-state index is 13.5. The van der Waals surface area contributed by atoms with E-state index in [9.17, 15) is 9.18 Å². The summed E-state index contributed by atoms with van der Waals surface area (Å²) in [5.41, 5.74) is 1.01. The maximum Gasteiger partial charge on any atom is 0.255 e. The lowest BCUT2D eigenvalue weighted by molar-refractivity contribution is 0.0946. The van der Waals surface area contributed by atoms with Gasteiger partial charge in [0.25, 0.3) is 5.91 Å². The van der Waals surface area contributed by atoms with Crippen LogP contribution in [0.1, 0.15) is 15.9 Å². The second kappa shape index (κ2) is 5.35. The number of nitrogens with one attached hydrogen (secondary N) is 1. The number of hydrogen-bond donors (Lipinski definition) is 1. The topological polar surface area (TPSA) is 34.0 Å². The normalized spacial score (nSPS) is 10.4. The van der Waals surface area contributed by atoms with Crippen LogP contribution < -0.4 is 5.32 Å². The van der Waals surface area contributed by atoms with E-state index in [0.29, 0.717) is 11.0 Å². The summed E-state index contributed by atoms with van der Waals surface area (Å²) in [4.78, 5) is 11.9. The summed E-state index contributed by atoms with van der Waals surface area (Å²) >= 11 is 3.17. The lowest BCUT2D eigenvalue weighted by atomic mass is 10.2. The zero-order valence-corrected chi connectivity index (χ0v) is 11.4. The number of nitrogens with zero attached hydrogens (tertiary/aromatic N) is 1. The molecule has 1 aromatic heterocycles. The SMILES string of the molecule is Cn1ccc(CNC(=O)c2c(F)cccc2Br)c1. The molecule has 1 amide bonds. The van der Waals surface area contributed by atoms with E-state index in [2.05, 4.69) is 21.2 Å². The standard InChI is InChI=1S/C13H12BrFN2O/c1-17-6-5-9(8-17)7-16-13(18)12-10(14)3-2-4-11(12)15/h2-6,8H,7H2,1H3,(H,16,18). The molecule has 2 rings (SSSR count). The van der Waals surface area contributed by atoms with Crippen LogP contribution in [0, 0.1) is 5.82 Å². The quantitative estimate of drug-likeness (QED) is 0.929. The van der Waals surface area contributed by atoms with Crippen molar-refractivity contribution in [1.29, 1.82) is 0 Å². The van der Waals surface area contributed by atoms with Crippen LogP contribution in [0.3, 0.4) is 0 Å². The second-order valence-electron chi connectivity index (χ2n) is 3.96. The Hall–Kier alpha value is -1.62. The first-order valence-corrected chi connectivity index (χ1v) is 6.20. The van der Waals surface area contributed by atoms with Gasteiger partial charge in [-0.25, -0.2) is 4.39 Å². The zero-order valence-electron chi connectivity index (χ0n) is 9.78. The summed E-state index contributed by atoms with van der Waals surface area (Å²) in [6.07, 6.45) is 3.79. The highest BCUT2D eigenvalue weighted by Gasteiger charge is 2.14. The Balaban J connectivity index is 2.08. The van der Waals surface area contributed by atoms with E-state index in [1.165, 1.54) is 6.07 Å². The molecular formula is C13H12BrFN2O. The molecule has 1 aromatic carbocycles. The van der Waals surface area contributed by atoms with Crippen molar-refractivity contribution in [2.75, 3.05) is 0 Å². The number of hydrogen-bond acceptors (Lipinski definition) is 1. The van der Waals surface area contributed by atoms with Gasteiger partial charge in [-0.15, -0.1) is 0 Å². The molecule has 0 aliphatic rings. The van der Waals surface area contributed by atoms with Crippen LogP contribution >= 0.6 is 15.9 Å². The highest BCUT2D eigenvalue weighted by molar-refractivity contribution is 9.10. The van der Waals surface area contributed by atoms with Crippen molar-refractivity contribution in [2.45, 2.75) is 6.54 Å². The number of aryl methyl sites for hydroxylation is 1. The monoisotopic (exact) mass is 310 g/mol. The molecule has 0 fully saturated rings.